The molecule has 1 aromatic carbocycles. The van der Waals surface area contributed by atoms with E-state index in [-0.39, 0.29) is 34.6 Å². The summed E-state index contributed by atoms with van der Waals surface area (Å²) in [5.74, 6) is -0.787. The first-order valence-corrected chi connectivity index (χ1v) is 8.86. The molecule has 1 unspecified atom stereocenters. The average Bonchev–Trinajstić information content (AvgIpc) is 3.00. The fourth-order valence-corrected chi connectivity index (χ4v) is 5.54. The van der Waals surface area contributed by atoms with Crippen LogP contribution in [-0.2, 0) is 19.1 Å². The fraction of sp³-hybridized carbons (Fsp3) is 0.550. The van der Waals surface area contributed by atoms with Crippen LogP contribution in [0.1, 0.15) is 49.9 Å². The minimum atomic E-state index is -0.682. The van der Waals surface area contributed by atoms with Crippen molar-refractivity contribution in [2.24, 2.45) is 16.7 Å². The molecule has 1 spiro atoms. The minimum Gasteiger partial charge on any atom is -0.458 e. The third-order valence-electron chi connectivity index (χ3n) is 6.65. The molecule has 5 atom stereocenters. The van der Waals surface area contributed by atoms with Gasteiger partial charge in [-0.05, 0) is 36.8 Å². The number of benzene rings is 1. The molecule has 0 saturated heterocycles. The molecule has 3 aliphatic rings. The Morgan fingerprint density at radius 3 is 2.56 bits per heavy atom. The van der Waals surface area contributed by atoms with Gasteiger partial charge in [0.05, 0.1) is 5.56 Å². The maximum atomic E-state index is 12.5. The predicted octanol–water partition coefficient (Wildman–Crippen LogP) is 2.92. The highest BCUT2D eigenvalue weighted by molar-refractivity contribution is 5.92. The second-order valence-electron chi connectivity index (χ2n) is 7.74. The summed E-state index contributed by atoms with van der Waals surface area (Å²) in [6, 6.07) is 8.95. The van der Waals surface area contributed by atoms with Crippen LogP contribution in [0.4, 0.5) is 0 Å². The molecule has 0 amide bonds. The van der Waals surface area contributed by atoms with E-state index in [4.69, 9.17) is 9.47 Å². The summed E-state index contributed by atoms with van der Waals surface area (Å²) in [5.41, 5.74) is 0.0671. The summed E-state index contributed by atoms with van der Waals surface area (Å²) < 4.78 is 11.2. The lowest BCUT2D eigenvalue weighted by atomic mass is 9.75. The molecule has 3 aliphatic carbocycles. The van der Waals surface area contributed by atoms with Crippen molar-refractivity contribution >= 4 is 17.7 Å². The van der Waals surface area contributed by atoms with E-state index in [1.807, 2.05) is 18.2 Å². The van der Waals surface area contributed by atoms with Gasteiger partial charge in [-0.3, -0.25) is 9.59 Å². The van der Waals surface area contributed by atoms with Gasteiger partial charge in [0.1, 0.15) is 6.10 Å². The molecule has 4 rings (SSSR count). The van der Waals surface area contributed by atoms with Crippen molar-refractivity contribution in [2.75, 3.05) is 0 Å². The smallest absolute Gasteiger partial charge is 0.338 e. The third kappa shape index (κ3) is 2.17. The molecular formula is C20H22O5. The lowest BCUT2D eigenvalue weighted by Gasteiger charge is -2.35. The van der Waals surface area contributed by atoms with E-state index < -0.39 is 12.1 Å². The number of esters is 2. The lowest BCUT2D eigenvalue weighted by molar-refractivity contribution is -0.154. The molecule has 0 aliphatic heterocycles. The van der Waals surface area contributed by atoms with E-state index in [0.717, 1.165) is 19.3 Å². The summed E-state index contributed by atoms with van der Waals surface area (Å²) >= 11 is 0. The zero-order chi connectivity index (χ0) is 17.8. The van der Waals surface area contributed by atoms with E-state index in [1.165, 1.54) is 6.92 Å². The molecule has 3 fully saturated rings. The van der Waals surface area contributed by atoms with E-state index in [9.17, 15) is 14.4 Å². The summed E-state index contributed by atoms with van der Waals surface area (Å²) in [4.78, 5) is 36.2. The fourth-order valence-electron chi connectivity index (χ4n) is 5.54. The van der Waals surface area contributed by atoms with Crippen LogP contribution in [-0.4, -0.2) is 29.9 Å². The summed E-state index contributed by atoms with van der Waals surface area (Å²) in [6.07, 6.45) is 2.12. The Labute approximate surface area is 146 Å². The maximum Gasteiger partial charge on any atom is 0.338 e. The highest BCUT2D eigenvalue weighted by Crippen LogP contribution is 2.81. The molecule has 0 bridgehead atoms. The van der Waals surface area contributed by atoms with Crippen molar-refractivity contribution in [1.82, 2.24) is 0 Å². The Bertz CT molecular complexity index is 742. The van der Waals surface area contributed by atoms with Gasteiger partial charge in [-0.25, -0.2) is 4.79 Å². The first kappa shape index (κ1) is 16.3. The molecule has 0 N–H and O–H groups in total. The SMILES string of the molecule is CC(=O)O[C@H]1C(=O)CC23CCC[C@H](OC(=O)c4ccccc4)[C@@]2(C)[C@H]13. The van der Waals surface area contributed by atoms with Crippen LogP contribution in [0, 0.1) is 16.7 Å². The minimum absolute atomic E-state index is 0.00714. The van der Waals surface area contributed by atoms with Crippen molar-refractivity contribution in [2.45, 2.75) is 51.7 Å². The van der Waals surface area contributed by atoms with Gasteiger partial charge in [-0.2, -0.15) is 0 Å². The van der Waals surface area contributed by atoms with Crippen molar-refractivity contribution in [3.63, 3.8) is 0 Å². The Hall–Kier alpha value is -2.17. The monoisotopic (exact) mass is 342 g/mol. The number of Topliss-reactive ketones (excluding diaryl/α,β-unsaturated/α-hetero) is 1. The van der Waals surface area contributed by atoms with Crippen LogP contribution in [0.2, 0.25) is 0 Å². The van der Waals surface area contributed by atoms with Gasteiger partial charge in [-0.15, -0.1) is 0 Å². The number of carbonyl (C=O) groups is 3. The zero-order valence-corrected chi connectivity index (χ0v) is 14.5. The third-order valence-corrected chi connectivity index (χ3v) is 6.65. The van der Waals surface area contributed by atoms with Crippen LogP contribution in [0.15, 0.2) is 30.3 Å². The summed E-state index contributed by atoms with van der Waals surface area (Å²) in [7, 11) is 0. The van der Waals surface area contributed by atoms with Crippen molar-refractivity contribution in [3.05, 3.63) is 35.9 Å². The lowest BCUT2D eigenvalue weighted by Crippen LogP contribution is -2.39. The Morgan fingerprint density at radius 2 is 1.88 bits per heavy atom. The molecule has 132 valence electrons. The highest BCUT2D eigenvalue weighted by Gasteiger charge is 2.84. The van der Waals surface area contributed by atoms with Crippen LogP contribution >= 0.6 is 0 Å². The molecule has 0 radical (unpaired) electrons. The molecular weight excluding hydrogens is 320 g/mol. The Balaban J connectivity index is 1.57. The Morgan fingerprint density at radius 1 is 1.16 bits per heavy atom. The van der Waals surface area contributed by atoms with Crippen molar-refractivity contribution in [3.8, 4) is 0 Å². The van der Waals surface area contributed by atoms with Gasteiger partial charge in [0.25, 0.3) is 0 Å². The molecule has 3 saturated carbocycles. The van der Waals surface area contributed by atoms with E-state index in [0.29, 0.717) is 12.0 Å². The summed E-state index contributed by atoms with van der Waals surface area (Å²) in [5, 5.41) is 0. The number of ketones is 1. The van der Waals surface area contributed by atoms with Crippen molar-refractivity contribution < 1.29 is 23.9 Å². The van der Waals surface area contributed by atoms with E-state index in [1.54, 1.807) is 12.1 Å². The first-order chi connectivity index (χ1) is 11.9. The number of fused-ring (bicyclic) bond motifs is 1. The molecule has 5 heteroatoms. The average molecular weight is 342 g/mol. The number of carbonyl (C=O) groups excluding carboxylic acids is 3. The zero-order valence-electron chi connectivity index (χ0n) is 14.5. The quantitative estimate of drug-likeness (QED) is 0.790. The van der Waals surface area contributed by atoms with Crippen LogP contribution < -0.4 is 0 Å². The highest BCUT2D eigenvalue weighted by atomic mass is 16.6. The van der Waals surface area contributed by atoms with Gasteiger partial charge >= 0.3 is 11.9 Å². The van der Waals surface area contributed by atoms with E-state index >= 15 is 0 Å². The molecule has 25 heavy (non-hydrogen) atoms. The van der Waals surface area contributed by atoms with Crippen LogP contribution in [0.3, 0.4) is 0 Å². The second kappa shape index (κ2) is 5.41. The normalized spacial score (nSPS) is 38.5. The van der Waals surface area contributed by atoms with Gasteiger partial charge in [0.2, 0.25) is 0 Å². The van der Waals surface area contributed by atoms with Crippen LogP contribution in [0.25, 0.3) is 0 Å². The molecule has 5 nitrogen and oxygen atoms in total. The first-order valence-electron chi connectivity index (χ1n) is 8.86. The molecule has 0 aromatic heterocycles. The number of hydrogen-bond acceptors (Lipinski definition) is 5. The summed E-state index contributed by atoms with van der Waals surface area (Å²) in [6.45, 7) is 3.42. The predicted molar refractivity (Wildman–Crippen MR) is 88.7 cm³/mol. The van der Waals surface area contributed by atoms with Gasteiger partial charge in [0.15, 0.2) is 11.9 Å². The largest absolute Gasteiger partial charge is 0.458 e. The molecule has 0 heterocycles. The number of ether oxygens (including phenoxy) is 2. The van der Waals surface area contributed by atoms with Crippen LogP contribution in [0.5, 0.6) is 0 Å². The number of hydrogen-bond donors (Lipinski definition) is 0. The second-order valence-corrected chi connectivity index (χ2v) is 7.74. The van der Waals surface area contributed by atoms with E-state index in [2.05, 4.69) is 6.92 Å². The molecule has 1 aromatic rings. The maximum absolute atomic E-state index is 12.5. The Kier molecular flexibility index (Phi) is 3.53. The van der Waals surface area contributed by atoms with Gasteiger partial charge in [0, 0.05) is 24.7 Å². The number of rotatable bonds is 3. The van der Waals surface area contributed by atoms with Gasteiger partial charge in [-0.1, -0.05) is 25.1 Å². The standard InChI is InChI=1S/C20H22O5/c1-12(21)24-16-14(22)11-20-10-6-9-15(19(20,2)17(16)20)25-18(23)13-7-4-3-5-8-13/h3-5,7-8,15-17H,6,9-11H2,1-2H3/t15-,16-,17-,19-,20?/m0/s1. The topological polar surface area (TPSA) is 69.7 Å². The van der Waals surface area contributed by atoms with Crippen molar-refractivity contribution in [1.29, 1.82) is 0 Å². The van der Waals surface area contributed by atoms with Gasteiger partial charge < -0.3 is 9.47 Å².